The van der Waals surface area contributed by atoms with Crippen LogP contribution in [0.3, 0.4) is 0 Å². The number of benzene rings is 2. The Morgan fingerprint density at radius 2 is 1.77 bits per heavy atom. The first-order valence-corrected chi connectivity index (χ1v) is 16.0. The molecule has 4 fully saturated rings. The number of aliphatic hydroxyl groups excluding tert-OH is 2. The predicted octanol–water partition coefficient (Wildman–Crippen LogP) is 3.58. The van der Waals surface area contributed by atoms with E-state index in [-0.39, 0.29) is 30.6 Å². The van der Waals surface area contributed by atoms with Gasteiger partial charge in [0.1, 0.15) is 42.5 Å². The molecule has 1 aliphatic carbocycles. The van der Waals surface area contributed by atoms with E-state index in [4.69, 9.17) is 14.2 Å². The van der Waals surface area contributed by atoms with Crippen molar-refractivity contribution >= 4 is 0 Å². The number of aliphatic hydroxyl groups is 3. The number of fused-ring (bicyclic) bond motifs is 3. The van der Waals surface area contributed by atoms with E-state index in [0.717, 1.165) is 80.5 Å². The van der Waals surface area contributed by atoms with Crippen LogP contribution in [0.5, 0.6) is 11.5 Å². The van der Waals surface area contributed by atoms with Gasteiger partial charge in [0, 0.05) is 30.9 Å². The Morgan fingerprint density at radius 1 is 1.05 bits per heavy atom. The van der Waals surface area contributed by atoms with E-state index in [1.165, 1.54) is 6.07 Å². The summed E-state index contributed by atoms with van der Waals surface area (Å²) in [4.78, 5) is 0. The highest BCUT2D eigenvalue weighted by Gasteiger charge is 2.48. The van der Waals surface area contributed by atoms with Gasteiger partial charge in [-0.3, -0.25) is 5.32 Å². The van der Waals surface area contributed by atoms with Gasteiger partial charge >= 0.3 is 0 Å². The molecule has 0 aromatic heterocycles. The van der Waals surface area contributed by atoms with Crippen LogP contribution in [-0.4, -0.2) is 90.3 Å². The lowest BCUT2D eigenvalue weighted by atomic mass is 9.80. The summed E-state index contributed by atoms with van der Waals surface area (Å²) in [5.74, 6) is 1.56. The molecular weight excluding hydrogens is 548 g/mol. The van der Waals surface area contributed by atoms with Crippen molar-refractivity contribution in [2.75, 3.05) is 53.0 Å². The van der Waals surface area contributed by atoms with Gasteiger partial charge in [-0.2, -0.15) is 0 Å². The molecule has 2 aromatic rings. The molecule has 238 valence electrons. The molecule has 2 aromatic carbocycles. The molecule has 6 rings (SSSR count). The molecule has 0 radical (unpaired) electrons. The zero-order valence-electron chi connectivity index (χ0n) is 25.8. The molecule has 9 nitrogen and oxygen atoms in total. The summed E-state index contributed by atoms with van der Waals surface area (Å²) in [5.41, 5.74) is 0.957. The quantitative estimate of drug-likeness (QED) is 0.156. The largest absolute Gasteiger partial charge is 0.508 e. The van der Waals surface area contributed by atoms with E-state index < -0.39 is 11.7 Å². The Kier molecular flexibility index (Phi) is 10.7. The topological polar surface area (TPSA) is 121 Å². The number of ether oxygens (including phenoxy) is 3. The molecule has 4 atom stereocenters. The summed E-state index contributed by atoms with van der Waals surface area (Å²) >= 11 is 0. The van der Waals surface area contributed by atoms with Gasteiger partial charge < -0.3 is 39.1 Å². The van der Waals surface area contributed by atoms with Gasteiger partial charge in [0.25, 0.3) is 0 Å². The van der Waals surface area contributed by atoms with Crippen LogP contribution < -0.4 is 10.1 Å². The Morgan fingerprint density at radius 3 is 2.44 bits per heavy atom. The van der Waals surface area contributed by atoms with E-state index in [2.05, 4.69) is 5.32 Å². The van der Waals surface area contributed by atoms with Crippen molar-refractivity contribution in [3.05, 3.63) is 59.2 Å². The number of phenols is 1. The van der Waals surface area contributed by atoms with E-state index in [1.807, 2.05) is 31.2 Å². The normalized spacial score (nSPS) is 26.7. The van der Waals surface area contributed by atoms with Crippen molar-refractivity contribution in [1.29, 1.82) is 0 Å². The second-order valence-electron chi connectivity index (χ2n) is 13.0. The molecule has 2 unspecified atom stereocenters. The third-order valence-corrected chi connectivity index (χ3v) is 10.4. The summed E-state index contributed by atoms with van der Waals surface area (Å²) in [5, 5.41) is 45.0. The minimum atomic E-state index is -0.992. The molecule has 5 N–H and O–H groups in total. The first kappa shape index (κ1) is 32.2. The van der Waals surface area contributed by atoms with Crippen molar-refractivity contribution in [3.63, 3.8) is 0 Å². The fraction of sp³-hybridized carbons (Fsp3) is 0.647. The van der Waals surface area contributed by atoms with Crippen molar-refractivity contribution in [1.82, 2.24) is 5.32 Å². The molecular formula is C34H51N2O7+. The second-order valence-corrected chi connectivity index (χ2v) is 13.0. The van der Waals surface area contributed by atoms with Crippen LogP contribution in [-0.2, 0) is 21.7 Å². The average molecular weight is 600 g/mol. The minimum absolute atomic E-state index is 0.0201. The molecule has 9 heteroatoms. The third kappa shape index (κ3) is 7.53. The van der Waals surface area contributed by atoms with Gasteiger partial charge in [-0.15, -0.1) is 0 Å². The van der Waals surface area contributed by atoms with Gasteiger partial charge in [0.15, 0.2) is 0 Å². The van der Waals surface area contributed by atoms with Crippen LogP contribution in [0.2, 0.25) is 0 Å². The zero-order valence-corrected chi connectivity index (χ0v) is 25.8. The number of quaternary nitrogens is 1. The molecule has 43 heavy (non-hydrogen) atoms. The average Bonchev–Trinajstić information content (AvgIpc) is 3.59. The number of nitrogens with zero attached hydrogens (tertiary/aromatic N) is 1. The van der Waals surface area contributed by atoms with Crippen molar-refractivity contribution in [2.45, 2.75) is 76.1 Å². The summed E-state index contributed by atoms with van der Waals surface area (Å²) in [6.45, 7) is 7.01. The maximum atomic E-state index is 12.1. The zero-order chi connectivity index (χ0) is 30.5. The Labute approximate surface area is 256 Å². The first-order valence-electron chi connectivity index (χ1n) is 16.0. The molecule has 3 heterocycles. The summed E-state index contributed by atoms with van der Waals surface area (Å²) < 4.78 is 19.1. The van der Waals surface area contributed by atoms with E-state index in [0.29, 0.717) is 36.8 Å². The number of aromatic hydroxyl groups is 1. The Hall–Kier alpha value is -2.24. The van der Waals surface area contributed by atoms with Gasteiger partial charge in [-0.1, -0.05) is 31.0 Å². The smallest absolute Gasteiger partial charge is 0.121 e. The highest BCUT2D eigenvalue weighted by atomic mass is 16.5. The van der Waals surface area contributed by atoms with Gasteiger partial charge in [0.05, 0.1) is 46.1 Å². The lowest BCUT2D eigenvalue weighted by molar-refractivity contribution is -0.946. The van der Waals surface area contributed by atoms with Crippen LogP contribution in [0, 0.1) is 11.8 Å². The number of piperidine rings is 3. The maximum Gasteiger partial charge on any atom is 0.121 e. The van der Waals surface area contributed by atoms with Gasteiger partial charge in [0.2, 0.25) is 0 Å². The molecule has 3 saturated heterocycles. The predicted molar refractivity (Wildman–Crippen MR) is 163 cm³/mol. The van der Waals surface area contributed by atoms with Crippen LogP contribution >= 0.6 is 0 Å². The number of nitrogens with one attached hydrogen (secondary N) is 1. The molecule has 3 aliphatic heterocycles. The SMILES string of the molecule is COc1ccc(C(O)(CO[C@H]2C[N+]3(CCOC(C)NC[C@H](O)c4ccc(O)c(CO)c4)CCC2CC3)C2CCCC2)cc1. The van der Waals surface area contributed by atoms with Crippen molar-refractivity contribution in [3.8, 4) is 11.5 Å². The van der Waals surface area contributed by atoms with E-state index in [9.17, 15) is 20.4 Å². The monoisotopic (exact) mass is 599 g/mol. The highest BCUT2D eigenvalue weighted by molar-refractivity contribution is 5.36. The number of hydrogen-bond donors (Lipinski definition) is 5. The molecule has 0 amide bonds. The van der Waals surface area contributed by atoms with Crippen LogP contribution in [0.1, 0.15) is 68.2 Å². The van der Waals surface area contributed by atoms with Crippen molar-refractivity contribution < 1.29 is 39.1 Å². The Balaban J connectivity index is 1.12. The maximum absolute atomic E-state index is 12.1. The summed E-state index contributed by atoms with van der Waals surface area (Å²) in [6, 6.07) is 12.6. The van der Waals surface area contributed by atoms with Gasteiger partial charge in [-0.25, -0.2) is 0 Å². The fourth-order valence-electron chi connectivity index (χ4n) is 7.50. The minimum Gasteiger partial charge on any atom is -0.508 e. The molecule has 4 aliphatic rings. The Bertz CT molecular complexity index is 1160. The molecule has 1 saturated carbocycles. The second kappa shape index (κ2) is 14.2. The number of hydrogen-bond acceptors (Lipinski definition) is 8. The molecule has 2 bridgehead atoms. The van der Waals surface area contributed by atoms with E-state index in [1.54, 1.807) is 19.2 Å². The summed E-state index contributed by atoms with van der Waals surface area (Å²) in [7, 11) is 1.66. The van der Waals surface area contributed by atoms with Crippen LogP contribution in [0.4, 0.5) is 0 Å². The lowest BCUT2D eigenvalue weighted by Gasteiger charge is -2.53. The van der Waals surface area contributed by atoms with Crippen LogP contribution in [0.15, 0.2) is 42.5 Å². The molecule has 0 spiro atoms. The highest BCUT2D eigenvalue weighted by Crippen LogP contribution is 2.43. The van der Waals surface area contributed by atoms with Crippen molar-refractivity contribution in [2.24, 2.45) is 11.8 Å². The third-order valence-electron chi connectivity index (χ3n) is 10.4. The fourth-order valence-corrected chi connectivity index (χ4v) is 7.50. The van der Waals surface area contributed by atoms with Gasteiger partial charge in [-0.05, 0) is 61.1 Å². The summed E-state index contributed by atoms with van der Waals surface area (Å²) in [6.07, 6.45) is 5.76. The number of rotatable bonds is 15. The van der Waals surface area contributed by atoms with E-state index >= 15 is 0 Å². The first-order chi connectivity index (χ1) is 20.7. The van der Waals surface area contributed by atoms with Crippen LogP contribution in [0.25, 0.3) is 0 Å². The standard InChI is InChI=1S/C34H50N2O7/c1-24(35-20-32(39)26-7-12-31(38)27(19-26)22-37)42-18-17-36-15-13-25(14-16-36)33(21-36)43-23-34(40,28-5-3-4-6-28)29-8-10-30(41-2)11-9-29/h7-12,19,24-25,28,32-33,35,37,39-40H,3-6,13-18,20-23H2,1-2H3/p+1/t24?,25?,32-,33-,34?,36?/m0/s1. The lowest BCUT2D eigenvalue weighted by Crippen LogP contribution is -2.65. The number of methoxy groups -OCH3 is 1.